The Morgan fingerprint density at radius 1 is 1.20 bits per heavy atom. The van der Waals surface area contributed by atoms with Gasteiger partial charge in [-0.05, 0) is 56.5 Å². The number of ether oxygens (including phenoxy) is 2. The van der Waals surface area contributed by atoms with E-state index in [0.29, 0.717) is 11.1 Å². The Morgan fingerprint density at radius 2 is 1.93 bits per heavy atom. The topological polar surface area (TPSA) is 38.8 Å². The summed E-state index contributed by atoms with van der Waals surface area (Å²) in [5.74, 6) is -0.475. The van der Waals surface area contributed by atoms with Crippen molar-refractivity contribution in [2.75, 3.05) is 6.61 Å². The fraction of sp³-hybridized carbons (Fsp3) is 0.348. The van der Waals surface area contributed by atoms with Crippen LogP contribution < -0.4 is 9.47 Å². The molecule has 0 radical (unpaired) electrons. The van der Waals surface area contributed by atoms with Crippen LogP contribution in [-0.2, 0) is 4.79 Å². The number of halogens is 3. The third-order valence-electron chi connectivity index (χ3n) is 4.87. The Bertz CT molecular complexity index is 912. The predicted molar refractivity (Wildman–Crippen MR) is 108 cm³/mol. The van der Waals surface area contributed by atoms with Crippen LogP contribution in [0.1, 0.15) is 43.9 Å². The molecule has 1 fully saturated rings. The highest BCUT2D eigenvalue weighted by Gasteiger charge is 2.36. The molecule has 1 atom stereocenters. The highest BCUT2D eigenvalue weighted by molar-refractivity contribution is 5.92. The SMILES string of the molecule is CCOc1cc(/C=C/C(=O)N(C2CC2)[C@H](C)c2ccccc2F)ccc1OC(F)F. The summed E-state index contributed by atoms with van der Waals surface area (Å²) < 4.78 is 49.1. The molecule has 7 heteroatoms. The summed E-state index contributed by atoms with van der Waals surface area (Å²) in [5, 5.41) is 0. The van der Waals surface area contributed by atoms with Crippen molar-refractivity contribution in [3.05, 3.63) is 65.5 Å². The maximum absolute atomic E-state index is 14.2. The molecule has 30 heavy (non-hydrogen) atoms. The first-order valence-electron chi connectivity index (χ1n) is 9.87. The Balaban J connectivity index is 1.79. The second kappa shape index (κ2) is 9.69. The van der Waals surface area contributed by atoms with Crippen molar-refractivity contribution in [3.63, 3.8) is 0 Å². The zero-order valence-corrected chi connectivity index (χ0v) is 16.9. The molecule has 0 spiro atoms. The largest absolute Gasteiger partial charge is 0.490 e. The third-order valence-corrected chi connectivity index (χ3v) is 4.87. The van der Waals surface area contributed by atoms with Crippen LogP contribution in [0.5, 0.6) is 11.5 Å². The van der Waals surface area contributed by atoms with E-state index >= 15 is 0 Å². The van der Waals surface area contributed by atoms with Crippen molar-refractivity contribution in [1.82, 2.24) is 4.90 Å². The van der Waals surface area contributed by atoms with Crippen LogP contribution in [0.2, 0.25) is 0 Å². The van der Waals surface area contributed by atoms with E-state index in [9.17, 15) is 18.0 Å². The highest BCUT2D eigenvalue weighted by atomic mass is 19.3. The van der Waals surface area contributed by atoms with Crippen molar-refractivity contribution in [3.8, 4) is 11.5 Å². The lowest BCUT2D eigenvalue weighted by atomic mass is 10.1. The Hall–Kier alpha value is -2.96. The van der Waals surface area contributed by atoms with Gasteiger partial charge >= 0.3 is 6.61 Å². The van der Waals surface area contributed by atoms with E-state index in [4.69, 9.17) is 4.74 Å². The molecule has 4 nitrogen and oxygen atoms in total. The minimum atomic E-state index is -2.96. The first kappa shape index (κ1) is 21.7. The lowest BCUT2D eigenvalue weighted by Gasteiger charge is -2.29. The molecule has 0 bridgehead atoms. The van der Waals surface area contributed by atoms with Gasteiger partial charge in [0.2, 0.25) is 5.91 Å². The van der Waals surface area contributed by atoms with E-state index in [1.807, 2.05) is 6.92 Å². The summed E-state index contributed by atoms with van der Waals surface area (Å²) in [6, 6.07) is 10.6. The van der Waals surface area contributed by atoms with Crippen molar-refractivity contribution < 1.29 is 27.4 Å². The number of carbonyl (C=O) groups excluding carboxylic acids is 1. The van der Waals surface area contributed by atoms with Gasteiger partial charge in [-0.3, -0.25) is 4.79 Å². The van der Waals surface area contributed by atoms with Gasteiger partial charge in [-0.2, -0.15) is 8.78 Å². The van der Waals surface area contributed by atoms with Crippen molar-refractivity contribution >= 4 is 12.0 Å². The van der Waals surface area contributed by atoms with Gasteiger partial charge < -0.3 is 14.4 Å². The smallest absolute Gasteiger partial charge is 0.387 e. The van der Waals surface area contributed by atoms with Gasteiger partial charge in [-0.25, -0.2) is 4.39 Å². The normalized spacial score (nSPS) is 14.7. The fourth-order valence-electron chi connectivity index (χ4n) is 3.35. The second-order valence-electron chi connectivity index (χ2n) is 7.03. The number of alkyl halides is 2. The minimum Gasteiger partial charge on any atom is -0.490 e. The first-order chi connectivity index (χ1) is 14.4. The quantitative estimate of drug-likeness (QED) is 0.497. The monoisotopic (exact) mass is 419 g/mol. The van der Waals surface area contributed by atoms with Gasteiger partial charge in [0.05, 0.1) is 12.6 Å². The van der Waals surface area contributed by atoms with Crippen LogP contribution in [0.4, 0.5) is 13.2 Å². The lowest BCUT2D eigenvalue weighted by molar-refractivity contribution is -0.128. The molecule has 0 aromatic heterocycles. The summed E-state index contributed by atoms with van der Waals surface area (Å²) in [6.07, 6.45) is 4.76. The number of nitrogens with zero attached hydrogens (tertiary/aromatic N) is 1. The molecule has 0 aliphatic heterocycles. The number of rotatable bonds is 9. The summed E-state index contributed by atoms with van der Waals surface area (Å²) in [5.41, 5.74) is 1.07. The zero-order valence-electron chi connectivity index (χ0n) is 16.9. The van der Waals surface area contributed by atoms with Crippen LogP contribution in [0.25, 0.3) is 6.08 Å². The Morgan fingerprint density at radius 3 is 2.57 bits per heavy atom. The number of carbonyl (C=O) groups is 1. The van der Waals surface area contributed by atoms with Gasteiger partial charge in [-0.15, -0.1) is 0 Å². The molecule has 0 heterocycles. The van der Waals surface area contributed by atoms with E-state index in [1.54, 1.807) is 42.2 Å². The predicted octanol–water partition coefficient (Wildman–Crippen LogP) is 5.59. The van der Waals surface area contributed by atoms with E-state index in [1.165, 1.54) is 24.3 Å². The van der Waals surface area contributed by atoms with Crippen molar-refractivity contribution in [2.45, 2.75) is 45.4 Å². The number of benzene rings is 2. The standard InChI is InChI=1S/C23H24F3NO3/c1-3-29-21-14-16(8-12-20(21)30-23(25)26)9-13-22(28)27(17-10-11-17)15(2)18-6-4-5-7-19(18)24/h4-9,12-15,17,23H,3,10-11H2,1-2H3/b13-9+/t15-/m1/s1. The summed E-state index contributed by atoms with van der Waals surface area (Å²) in [4.78, 5) is 14.6. The molecule has 1 aliphatic carbocycles. The van der Waals surface area contributed by atoms with Gasteiger partial charge in [0.15, 0.2) is 11.5 Å². The molecular weight excluding hydrogens is 395 g/mol. The van der Waals surface area contributed by atoms with Gasteiger partial charge in [-0.1, -0.05) is 24.3 Å². The zero-order chi connectivity index (χ0) is 21.7. The van der Waals surface area contributed by atoms with Gasteiger partial charge in [0.1, 0.15) is 5.82 Å². The second-order valence-corrected chi connectivity index (χ2v) is 7.03. The van der Waals surface area contributed by atoms with Crippen molar-refractivity contribution in [1.29, 1.82) is 0 Å². The van der Waals surface area contributed by atoms with E-state index in [2.05, 4.69) is 4.74 Å². The molecular formula is C23H24F3NO3. The van der Waals surface area contributed by atoms with E-state index in [0.717, 1.165) is 12.8 Å². The van der Waals surface area contributed by atoms with Crippen LogP contribution in [0.3, 0.4) is 0 Å². The molecule has 0 unspecified atom stereocenters. The van der Waals surface area contributed by atoms with Crippen LogP contribution in [0.15, 0.2) is 48.5 Å². The maximum Gasteiger partial charge on any atom is 0.387 e. The van der Waals surface area contributed by atoms with E-state index in [-0.39, 0.29) is 35.9 Å². The molecule has 2 aromatic carbocycles. The Kier molecular flexibility index (Phi) is 7.03. The fourth-order valence-corrected chi connectivity index (χ4v) is 3.35. The molecule has 0 N–H and O–H groups in total. The van der Waals surface area contributed by atoms with E-state index < -0.39 is 12.7 Å². The average molecular weight is 419 g/mol. The molecule has 0 saturated heterocycles. The molecule has 1 amide bonds. The molecule has 3 rings (SSSR count). The summed E-state index contributed by atoms with van der Waals surface area (Å²) in [6.45, 7) is 0.864. The summed E-state index contributed by atoms with van der Waals surface area (Å²) in [7, 11) is 0. The first-order valence-corrected chi connectivity index (χ1v) is 9.87. The third kappa shape index (κ3) is 5.34. The number of amides is 1. The lowest BCUT2D eigenvalue weighted by Crippen LogP contribution is -2.34. The molecule has 160 valence electrons. The summed E-state index contributed by atoms with van der Waals surface area (Å²) >= 11 is 0. The maximum atomic E-state index is 14.2. The highest BCUT2D eigenvalue weighted by Crippen LogP contribution is 2.35. The number of hydrogen-bond acceptors (Lipinski definition) is 3. The average Bonchev–Trinajstić information content (AvgIpc) is 3.53. The Labute approximate surface area is 173 Å². The molecule has 1 aliphatic rings. The molecule has 2 aromatic rings. The number of hydrogen-bond donors (Lipinski definition) is 0. The van der Waals surface area contributed by atoms with Crippen LogP contribution in [-0.4, -0.2) is 30.1 Å². The van der Waals surface area contributed by atoms with Crippen LogP contribution >= 0.6 is 0 Å². The molecule has 1 saturated carbocycles. The van der Waals surface area contributed by atoms with Gasteiger partial charge in [0.25, 0.3) is 0 Å². The van der Waals surface area contributed by atoms with Crippen LogP contribution in [0, 0.1) is 5.82 Å². The minimum absolute atomic E-state index is 0.0666. The van der Waals surface area contributed by atoms with Gasteiger partial charge in [0, 0.05) is 17.7 Å². The van der Waals surface area contributed by atoms with Crippen molar-refractivity contribution in [2.24, 2.45) is 0 Å².